The Morgan fingerprint density at radius 1 is 1.16 bits per heavy atom. The van der Waals surface area contributed by atoms with E-state index in [0.717, 1.165) is 22.0 Å². The number of benzene rings is 2. The highest BCUT2D eigenvalue weighted by atomic mass is 32.1. The third-order valence-corrected chi connectivity index (χ3v) is 4.60. The molecule has 0 saturated carbocycles. The maximum absolute atomic E-state index is 12.1. The van der Waals surface area contributed by atoms with Crippen LogP contribution in [-0.4, -0.2) is 29.7 Å². The zero-order valence-electron chi connectivity index (χ0n) is 13.7. The standard InChI is InChI=1S/C19H18N2O3S/c1-24-16-8-4-14(5-9-16)19(23)20-11-10-18-21-17(12-25-18)13-2-6-15(22)7-3-13/h2-9,12,22H,10-11H2,1H3,(H,20,23). The zero-order valence-corrected chi connectivity index (χ0v) is 14.5. The van der Waals surface area contributed by atoms with Crippen LogP contribution in [0.2, 0.25) is 0 Å². The van der Waals surface area contributed by atoms with Gasteiger partial charge < -0.3 is 15.2 Å². The van der Waals surface area contributed by atoms with Crippen LogP contribution in [-0.2, 0) is 6.42 Å². The maximum Gasteiger partial charge on any atom is 0.251 e. The van der Waals surface area contributed by atoms with Gasteiger partial charge in [-0.3, -0.25) is 4.79 Å². The molecule has 3 aromatic rings. The number of carbonyl (C=O) groups is 1. The largest absolute Gasteiger partial charge is 0.508 e. The molecule has 25 heavy (non-hydrogen) atoms. The molecule has 0 aliphatic carbocycles. The van der Waals surface area contributed by atoms with Crippen LogP contribution in [0, 0.1) is 0 Å². The van der Waals surface area contributed by atoms with E-state index in [-0.39, 0.29) is 11.7 Å². The highest BCUT2D eigenvalue weighted by molar-refractivity contribution is 7.09. The van der Waals surface area contributed by atoms with Gasteiger partial charge in [0.2, 0.25) is 0 Å². The molecule has 0 spiro atoms. The topological polar surface area (TPSA) is 71.5 Å². The van der Waals surface area contributed by atoms with E-state index in [1.807, 2.05) is 17.5 Å². The summed E-state index contributed by atoms with van der Waals surface area (Å²) >= 11 is 1.56. The quantitative estimate of drug-likeness (QED) is 0.711. The second kappa shape index (κ2) is 7.81. The first-order valence-corrected chi connectivity index (χ1v) is 8.70. The molecule has 2 aromatic carbocycles. The molecule has 0 bridgehead atoms. The minimum absolute atomic E-state index is 0.113. The minimum atomic E-state index is -0.113. The van der Waals surface area contributed by atoms with Crippen molar-refractivity contribution in [3.63, 3.8) is 0 Å². The number of hydrogen-bond acceptors (Lipinski definition) is 5. The molecule has 6 heteroatoms. The number of amides is 1. The van der Waals surface area contributed by atoms with Crippen LogP contribution < -0.4 is 10.1 Å². The Kier molecular flexibility index (Phi) is 5.30. The van der Waals surface area contributed by atoms with E-state index in [2.05, 4.69) is 10.3 Å². The van der Waals surface area contributed by atoms with Crippen molar-refractivity contribution in [1.29, 1.82) is 0 Å². The van der Waals surface area contributed by atoms with E-state index < -0.39 is 0 Å². The molecule has 1 aromatic heterocycles. The fourth-order valence-electron chi connectivity index (χ4n) is 2.32. The molecule has 3 rings (SSSR count). The van der Waals surface area contributed by atoms with Crippen LogP contribution in [0.1, 0.15) is 15.4 Å². The molecule has 0 fully saturated rings. The minimum Gasteiger partial charge on any atom is -0.508 e. The summed E-state index contributed by atoms with van der Waals surface area (Å²) in [4.78, 5) is 16.7. The summed E-state index contributed by atoms with van der Waals surface area (Å²) in [6, 6.07) is 14.0. The number of carbonyl (C=O) groups excluding carboxylic acids is 1. The fraction of sp³-hybridized carbons (Fsp3) is 0.158. The smallest absolute Gasteiger partial charge is 0.251 e. The second-order valence-electron chi connectivity index (χ2n) is 5.41. The number of phenols is 1. The Morgan fingerprint density at radius 3 is 2.56 bits per heavy atom. The van der Waals surface area contributed by atoms with Crippen molar-refractivity contribution in [3.05, 3.63) is 64.5 Å². The Morgan fingerprint density at radius 2 is 1.88 bits per heavy atom. The van der Waals surface area contributed by atoms with Crippen molar-refractivity contribution in [2.24, 2.45) is 0 Å². The van der Waals surface area contributed by atoms with Crippen molar-refractivity contribution >= 4 is 17.2 Å². The molecule has 5 nitrogen and oxygen atoms in total. The van der Waals surface area contributed by atoms with Crippen molar-refractivity contribution < 1.29 is 14.6 Å². The maximum atomic E-state index is 12.1. The van der Waals surface area contributed by atoms with Gasteiger partial charge in [0.1, 0.15) is 11.5 Å². The van der Waals surface area contributed by atoms with Gasteiger partial charge in [-0.1, -0.05) is 0 Å². The Balaban J connectivity index is 1.53. The van der Waals surface area contributed by atoms with Crippen molar-refractivity contribution in [2.45, 2.75) is 6.42 Å². The number of aromatic nitrogens is 1. The summed E-state index contributed by atoms with van der Waals surface area (Å²) in [6.45, 7) is 0.521. The SMILES string of the molecule is COc1ccc(C(=O)NCCc2nc(-c3ccc(O)cc3)cs2)cc1. The Hall–Kier alpha value is -2.86. The molecule has 0 radical (unpaired) electrons. The monoisotopic (exact) mass is 354 g/mol. The lowest BCUT2D eigenvalue weighted by Crippen LogP contribution is -2.25. The lowest BCUT2D eigenvalue weighted by Gasteiger charge is -2.05. The van der Waals surface area contributed by atoms with Gasteiger partial charge in [0.05, 0.1) is 17.8 Å². The predicted octanol–water partition coefficient (Wildman–Crippen LogP) is 3.50. The first kappa shape index (κ1) is 17.0. The predicted molar refractivity (Wildman–Crippen MR) is 98.2 cm³/mol. The average Bonchev–Trinajstić information content (AvgIpc) is 3.11. The molecule has 2 N–H and O–H groups in total. The zero-order chi connectivity index (χ0) is 17.6. The van der Waals surface area contributed by atoms with Crippen LogP contribution in [0.15, 0.2) is 53.9 Å². The van der Waals surface area contributed by atoms with Crippen LogP contribution in [0.3, 0.4) is 0 Å². The van der Waals surface area contributed by atoms with Crippen LogP contribution in [0.4, 0.5) is 0 Å². The molecule has 1 amide bonds. The van der Waals surface area contributed by atoms with Gasteiger partial charge in [-0.15, -0.1) is 11.3 Å². The number of nitrogens with zero attached hydrogens (tertiary/aromatic N) is 1. The molecule has 128 valence electrons. The average molecular weight is 354 g/mol. The summed E-state index contributed by atoms with van der Waals surface area (Å²) in [5, 5.41) is 15.2. The second-order valence-corrected chi connectivity index (χ2v) is 6.35. The fourth-order valence-corrected chi connectivity index (χ4v) is 3.13. The third kappa shape index (κ3) is 4.36. The number of aromatic hydroxyl groups is 1. The van der Waals surface area contributed by atoms with E-state index in [0.29, 0.717) is 18.5 Å². The number of thiazole rings is 1. The Bertz CT molecular complexity index is 842. The van der Waals surface area contributed by atoms with E-state index in [1.165, 1.54) is 0 Å². The molecular formula is C19H18N2O3S. The normalized spacial score (nSPS) is 10.4. The number of methoxy groups -OCH3 is 1. The molecule has 0 atom stereocenters. The highest BCUT2D eigenvalue weighted by Crippen LogP contribution is 2.23. The van der Waals surface area contributed by atoms with Gasteiger partial charge in [-0.2, -0.15) is 0 Å². The molecule has 0 aliphatic rings. The van der Waals surface area contributed by atoms with E-state index in [9.17, 15) is 9.90 Å². The molecule has 0 aliphatic heterocycles. The summed E-state index contributed by atoms with van der Waals surface area (Å²) in [6.07, 6.45) is 0.671. The van der Waals surface area contributed by atoms with Gasteiger partial charge in [-0.05, 0) is 48.5 Å². The molecular weight excluding hydrogens is 336 g/mol. The molecule has 0 saturated heterocycles. The van der Waals surface area contributed by atoms with E-state index >= 15 is 0 Å². The molecule has 1 heterocycles. The number of hydrogen-bond donors (Lipinski definition) is 2. The highest BCUT2D eigenvalue weighted by Gasteiger charge is 2.07. The van der Waals surface area contributed by atoms with Crippen molar-refractivity contribution in [2.75, 3.05) is 13.7 Å². The Labute approximate surface area is 149 Å². The lowest BCUT2D eigenvalue weighted by atomic mass is 10.2. The van der Waals surface area contributed by atoms with Gasteiger partial charge >= 0.3 is 0 Å². The van der Waals surface area contributed by atoms with Crippen LogP contribution in [0.25, 0.3) is 11.3 Å². The van der Waals surface area contributed by atoms with Gasteiger partial charge in [-0.25, -0.2) is 4.98 Å². The van der Waals surface area contributed by atoms with Crippen LogP contribution in [0.5, 0.6) is 11.5 Å². The first-order chi connectivity index (χ1) is 12.2. The number of ether oxygens (including phenoxy) is 1. The number of rotatable bonds is 6. The lowest BCUT2D eigenvalue weighted by molar-refractivity contribution is 0.0954. The van der Waals surface area contributed by atoms with Gasteiger partial charge in [0, 0.05) is 29.5 Å². The summed E-state index contributed by atoms with van der Waals surface area (Å²) in [5.74, 6) is 0.847. The van der Waals surface area contributed by atoms with Gasteiger partial charge in [0.25, 0.3) is 5.91 Å². The van der Waals surface area contributed by atoms with E-state index in [4.69, 9.17) is 4.74 Å². The third-order valence-electron chi connectivity index (χ3n) is 3.69. The summed E-state index contributed by atoms with van der Waals surface area (Å²) in [7, 11) is 1.59. The van der Waals surface area contributed by atoms with Crippen molar-refractivity contribution in [1.82, 2.24) is 10.3 Å². The van der Waals surface area contributed by atoms with Gasteiger partial charge in [0.15, 0.2) is 0 Å². The van der Waals surface area contributed by atoms with Crippen LogP contribution >= 0.6 is 11.3 Å². The van der Waals surface area contributed by atoms with Crippen molar-refractivity contribution in [3.8, 4) is 22.8 Å². The first-order valence-electron chi connectivity index (χ1n) is 7.82. The van der Waals surface area contributed by atoms with E-state index in [1.54, 1.807) is 54.8 Å². The number of nitrogens with one attached hydrogen (secondary N) is 1. The molecule has 0 unspecified atom stereocenters. The summed E-state index contributed by atoms with van der Waals surface area (Å²) in [5.41, 5.74) is 2.44. The summed E-state index contributed by atoms with van der Waals surface area (Å²) < 4.78 is 5.08. The number of phenolic OH excluding ortho intramolecular Hbond substituents is 1.